The molecule has 0 aliphatic carbocycles. The first-order chi connectivity index (χ1) is 11.8. The molecule has 6 nitrogen and oxygen atoms in total. The van der Waals surface area contributed by atoms with E-state index in [-0.39, 0.29) is 22.1 Å². The summed E-state index contributed by atoms with van der Waals surface area (Å²) in [5.74, 6) is -2.22. The Bertz CT molecular complexity index is 898. The normalized spacial score (nSPS) is 11.4. The van der Waals surface area contributed by atoms with Gasteiger partial charge in [-0.2, -0.15) is 5.10 Å². The highest BCUT2D eigenvalue weighted by Gasteiger charge is 2.22. The zero-order valence-electron chi connectivity index (χ0n) is 13.9. The van der Waals surface area contributed by atoms with E-state index in [0.717, 1.165) is 6.07 Å². The minimum absolute atomic E-state index is 0.0344. The molecule has 25 heavy (non-hydrogen) atoms. The van der Waals surface area contributed by atoms with Gasteiger partial charge in [0.2, 0.25) is 0 Å². The molecule has 2 aromatic heterocycles. The number of phenolic OH excluding ortho intramolecular Hbond substituents is 1. The number of H-pyrrole nitrogens is 1. The number of rotatable bonds is 4. The Kier molecular flexibility index (Phi) is 4.24. The van der Waals surface area contributed by atoms with Gasteiger partial charge in [-0.25, -0.2) is 8.78 Å². The Morgan fingerprint density at radius 2 is 1.88 bits per heavy atom. The molecule has 3 rings (SSSR count). The van der Waals surface area contributed by atoms with E-state index in [1.54, 1.807) is 6.07 Å². The third-order valence-electron chi connectivity index (χ3n) is 3.42. The van der Waals surface area contributed by atoms with Crippen molar-refractivity contribution in [2.45, 2.75) is 5.24 Å². The first kappa shape index (κ1) is 17.0. The standard InChI is InChI=1S/C14H14B3F2N5O/c15-14(16,17)22-10-2-1-8(23-24-10)11-9(25)3-7(12(18)13(11)19)6-4-20-21-5-6/h1-5,25H,15-17H2,(H,20,21)(H,22,24). The van der Waals surface area contributed by atoms with Crippen molar-refractivity contribution in [2.75, 3.05) is 5.32 Å². The second-order valence-electron chi connectivity index (χ2n) is 6.61. The summed E-state index contributed by atoms with van der Waals surface area (Å²) >= 11 is 0. The lowest BCUT2D eigenvalue weighted by atomic mass is 9.49. The van der Waals surface area contributed by atoms with Crippen LogP contribution < -0.4 is 5.32 Å². The molecule has 0 spiro atoms. The van der Waals surface area contributed by atoms with Crippen LogP contribution in [0.3, 0.4) is 0 Å². The highest BCUT2D eigenvalue weighted by molar-refractivity contribution is 6.60. The maximum absolute atomic E-state index is 14.5. The molecule has 0 saturated heterocycles. The van der Waals surface area contributed by atoms with E-state index in [1.807, 2.05) is 23.5 Å². The van der Waals surface area contributed by atoms with E-state index in [4.69, 9.17) is 0 Å². The number of phenols is 1. The fourth-order valence-corrected chi connectivity index (χ4v) is 2.38. The Morgan fingerprint density at radius 1 is 1.12 bits per heavy atom. The summed E-state index contributed by atoms with van der Waals surface area (Å²) in [5.41, 5.74) is -0.0628. The van der Waals surface area contributed by atoms with Crippen LogP contribution in [0.2, 0.25) is 0 Å². The van der Waals surface area contributed by atoms with Gasteiger partial charge >= 0.3 is 0 Å². The summed E-state index contributed by atoms with van der Waals surface area (Å²) in [6, 6.07) is 4.20. The van der Waals surface area contributed by atoms with Crippen LogP contribution in [0.5, 0.6) is 5.75 Å². The van der Waals surface area contributed by atoms with Gasteiger partial charge in [0.25, 0.3) is 0 Å². The van der Waals surface area contributed by atoms with E-state index in [2.05, 4.69) is 25.7 Å². The topological polar surface area (TPSA) is 86.7 Å². The highest BCUT2D eigenvalue weighted by Crippen LogP contribution is 2.37. The molecule has 3 aromatic rings. The number of aromatic nitrogens is 4. The van der Waals surface area contributed by atoms with Gasteiger partial charge in [-0.15, -0.1) is 10.2 Å². The molecule has 0 aliphatic rings. The number of aromatic hydroxyl groups is 1. The van der Waals surface area contributed by atoms with Crippen LogP contribution in [0.15, 0.2) is 30.6 Å². The van der Waals surface area contributed by atoms with Crippen LogP contribution in [0.25, 0.3) is 22.4 Å². The Hall–Kier alpha value is -2.84. The van der Waals surface area contributed by atoms with Crippen molar-refractivity contribution in [1.29, 1.82) is 0 Å². The summed E-state index contributed by atoms with van der Waals surface area (Å²) in [6.45, 7) is 0. The zero-order valence-corrected chi connectivity index (χ0v) is 13.9. The smallest absolute Gasteiger partial charge is 0.172 e. The highest BCUT2D eigenvalue weighted by atomic mass is 19.2. The molecule has 0 aliphatic heterocycles. The van der Waals surface area contributed by atoms with Gasteiger partial charge in [-0.3, -0.25) is 5.10 Å². The zero-order chi connectivity index (χ0) is 18.2. The molecule has 2 heterocycles. The average Bonchev–Trinajstić information content (AvgIpc) is 3.05. The molecule has 0 amide bonds. The van der Waals surface area contributed by atoms with Crippen molar-refractivity contribution in [3.63, 3.8) is 0 Å². The van der Waals surface area contributed by atoms with Crippen molar-refractivity contribution in [3.05, 3.63) is 42.2 Å². The summed E-state index contributed by atoms with van der Waals surface area (Å²) in [6.07, 6.45) is 2.74. The first-order valence-electron chi connectivity index (χ1n) is 7.58. The molecular weight excluding hydrogens is 325 g/mol. The number of aromatic amines is 1. The van der Waals surface area contributed by atoms with Crippen molar-refractivity contribution < 1.29 is 13.9 Å². The molecule has 0 bridgehead atoms. The van der Waals surface area contributed by atoms with E-state index >= 15 is 0 Å². The van der Waals surface area contributed by atoms with E-state index in [1.165, 1.54) is 18.5 Å². The summed E-state index contributed by atoms with van der Waals surface area (Å²) in [5, 5.41) is 27.1. The van der Waals surface area contributed by atoms with Gasteiger partial charge in [0.1, 0.15) is 35.1 Å². The maximum Gasteiger partial charge on any atom is 0.172 e. The molecule has 0 radical (unpaired) electrons. The molecule has 1 aromatic carbocycles. The Balaban J connectivity index is 2.02. The van der Waals surface area contributed by atoms with Crippen molar-refractivity contribution >= 4 is 29.4 Å². The fourth-order valence-electron chi connectivity index (χ4n) is 2.38. The number of benzene rings is 1. The molecular formula is C14H14B3F2N5O. The molecule has 11 heteroatoms. The predicted molar refractivity (Wildman–Crippen MR) is 98.6 cm³/mol. The van der Waals surface area contributed by atoms with Crippen LogP contribution >= 0.6 is 0 Å². The Morgan fingerprint density at radius 3 is 2.44 bits per heavy atom. The average molecular weight is 339 g/mol. The van der Waals surface area contributed by atoms with E-state index in [9.17, 15) is 13.9 Å². The molecule has 0 atom stereocenters. The lowest BCUT2D eigenvalue weighted by molar-refractivity contribution is 0.459. The molecule has 0 unspecified atom stereocenters. The fraction of sp³-hybridized carbons (Fsp3) is 0.0714. The quantitative estimate of drug-likeness (QED) is 0.555. The number of nitrogens with zero attached hydrogens (tertiary/aromatic N) is 3. The van der Waals surface area contributed by atoms with Crippen LogP contribution in [-0.2, 0) is 0 Å². The predicted octanol–water partition coefficient (Wildman–Crippen LogP) is -0.560. The monoisotopic (exact) mass is 339 g/mol. The summed E-state index contributed by atoms with van der Waals surface area (Å²) in [7, 11) is 5.87. The molecule has 0 saturated carbocycles. The third kappa shape index (κ3) is 3.49. The van der Waals surface area contributed by atoms with Gasteiger partial charge in [-0.05, 0) is 23.4 Å². The minimum atomic E-state index is -1.19. The van der Waals surface area contributed by atoms with Crippen molar-refractivity contribution in [1.82, 2.24) is 20.4 Å². The van der Waals surface area contributed by atoms with Crippen LogP contribution in [0.4, 0.5) is 14.6 Å². The van der Waals surface area contributed by atoms with Crippen molar-refractivity contribution in [2.24, 2.45) is 0 Å². The molecule has 3 N–H and O–H groups in total. The van der Waals surface area contributed by atoms with Gasteiger partial charge in [0.05, 0.1) is 17.5 Å². The summed E-state index contributed by atoms with van der Waals surface area (Å²) < 4.78 is 28.9. The van der Waals surface area contributed by atoms with Crippen LogP contribution in [-0.4, -0.2) is 54.3 Å². The van der Waals surface area contributed by atoms with Gasteiger partial charge in [0, 0.05) is 17.3 Å². The second-order valence-corrected chi connectivity index (χ2v) is 6.61. The van der Waals surface area contributed by atoms with Crippen LogP contribution in [0, 0.1) is 11.6 Å². The van der Waals surface area contributed by atoms with Gasteiger partial charge < -0.3 is 10.4 Å². The van der Waals surface area contributed by atoms with Crippen LogP contribution in [0.1, 0.15) is 0 Å². The molecule has 0 fully saturated rings. The minimum Gasteiger partial charge on any atom is -0.507 e. The first-order valence-corrected chi connectivity index (χ1v) is 7.58. The number of hydrogen-bond donors (Lipinski definition) is 3. The van der Waals surface area contributed by atoms with E-state index in [0.29, 0.717) is 11.4 Å². The lowest BCUT2D eigenvalue weighted by Gasteiger charge is -2.20. The second kappa shape index (κ2) is 6.23. The number of hydrogen-bond acceptors (Lipinski definition) is 5. The van der Waals surface area contributed by atoms with E-state index < -0.39 is 17.4 Å². The largest absolute Gasteiger partial charge is 0.507 e. The third-order valence-corrected chi connectivity index (χ3v) is 3.42. The maximum atomic E-state index is 14.5. The van der Waals surface area contributed by atoms with Crippen molar-refractivity contribution in [3.8, 4) is 28.1 Å². The summed E-state index contributed by atoms with van der Waals surface area (Å²) in [4.78, 5) is 0. The molecule has 124 valence electrons. The van der Waals surface area contributed by atoms with Gasteiger partial charge in [-0.1, -0.05) is 0 Å². The SMILES string of the molecule is BC(B)(B)Nc1ccc(-c2c(O)cc(-c3cn[nH]c3)c(F)c2F)nn1. The lowest BCUT2D eigenvalue weighted by Crippen LogP contribution is -2.40. The Labute approximate surface area is 145 Å². The number of anilines is 1. The number of halogens is 2. The number of nitrogens with one attached hydrogen (secondary N) is 2. The van der Waals surface area contributed by atoms with Gasteiger partial charge in [0.15, 0.2) is 11.6 Å².